The molecule has 4 rings (SSSR count). The number of halogens is 2. The summed E-state index contributed by atoms with van der Waals surface area (Å²) in [6.45, 7) is 3.05. The van der Waals surface area contributed by atoms with E-state index in [1.807, 2.05) is 0 Å². The number of hydrogen-bond acceptors (Lipinski definition) is 5. The van der Waals surface area contributed by atoms with E-state index < -0.39 is 10.0 Å². The molecule has 0 saturated carbocycles. The number of rotatable bonds is 5. The lowest BCUT2D eigenvalue weighted by molar-refractivity contribution is 0.0730. The highest BCUT2D eigenvalue weighted by atomic mass is 35.5. The summed E-state index contributed by atoms with van der Waals surface area (Å²) < 4.78 is 33.1. The zero-order chi connectivity index (χ0) is 22.7. The van der Waals surface area contributed by atoms with Crippen LogP contribution < -0.4 is 10.2 Å². The number of sulfonamides is 1. The number of benzene rings is 2. The molecule has 7 nitrogen and oxygen atoms in total. The summed E-state index contributed by atoms with van der Waals surface area (Å²) in [4.78, 5) is 15.3. The minimum atomic E-state index is -3.70. The van der Waals surface area contributed by atoms with Crippen LogP contribution in [0.4, 0.5) is 11.4 Å². The first-order valence-corrected chi connectivity index (χ1v) is 12.8. The Morgan fingerprint density at radius 3 is 2.31 bits per heavy atom. The van der Waals surface area contributed by atoms with Gasteiger partial charge in [0.15, 0.2) is 0 Å². The number of nitrogens with zero attached hydrogens (tertiary/aromatic N) is 2. The third-order valence-electron chi connectivity index (χ3n) is 5.70. The summed E-state index contributed by atoms with van der Waals surface area (Å²) in [6.07, 6.45) is 3.26. The van der Waals surface area contributed by atoms with Crippen LogP contribution in [0.5, 0.6) is 0 Å². The Labute approximate surface area is 198 Å². The lowest BCUT2D eigenvalue weighted by atomic mass is 10.1. The highest BCUT2D eigenvalue weighted by Gasteiger charge is 2.28. The van der Waals surface area contributed by atoms with Crippen LogP contribution in [-0.2, 0) is 14.8 Å². The Morgan fingerprint density at radius 1 is 0.906 bits per heavy atom. The number of morpholine rings is 1. The predicted octanol–water partition coefficient (Wildman–Crippen LogP) is 4.26. The van der Waals surface area contributed by atoms with E-state index in [1.165, 1.54) is 10.4 Å². The number of anilines is 2. The van der Waals surface area contributed by atoms with Crippen molar-refractivity contribution in [1.29, 1.82) is 0 Å². The summed E-state index contributed by atoms with van der Waals surface area (Å²) in [7, 11) is -3.70. The normalized spacial score (nSPS) is 17.9. The third kappa shape index (κ3) is 5.05. The largest absolute Gasteiger partial charge is 0.379 e. The summed E-state index contributed by atoms with van der Waals surface area (Å²) in [5.74, 6) is -0.386. The molecule has 0 aromatic heterocycles. The fourth-order valence-electron chi connectivity index (χ4n) is 3.95. The van der Waals surface area contributed by atoms with E-state index in [4.69, 9.17) is 27.9 Å². The second kappa shape index (κ2) is 9.97. The van der Waals surface area contributed by atoms with Crippen LogP contribution in [0.25, 0.3) is 0 Å². The Hall–Kier alpha value is -1.84. The number of hydrogen-bond donors (Lipinski definition) is 1. The molecule has 0 radical (unpaired) electrons. The van der Waals surface area contributed by atoms with Crippen molar-refractivity contribution in [3.63, 3.8) is 0 Å². The van der Waals surface area contributed by atoms with Gasteiger partial charge in [-0.1, -0.05) is 23.2 Å². The second-order valence-electron chi connectivity index (χ2n) is 7.83. The van der Waals surface area contributed by atoms with E-state index in [9.17, 15) is 13.2 Å². The van der Waals surface area contributed by atoms with Gasteiger partial charge >= 0.3 is 0 Å². The highest BCUT2D eigenvalue weighted by Crippen LogP contribution is 2.33. The van der Waals surface area contributed by atoms with Gasteiger partial charge in [-0.15, -0.1) is 0 Å². The number of piperidine rings is 1. The number of carbonyl (C=O) groups is 1. The van der Waals surface area contributed by atoms with Crippen molar-refractivity contribution in [2.24, 2.45) is 0 Å². The molecule has 0 spiro atoms. The molecule has 2 aliphatic heterocycles. The maximum Gasteiger partial charge on any atom is 0.255 e. The average Bonchev–Trinajstić information content (AvgIpc) is 2.82. The summed E-state index contributed by atoms with van der Waals surface area (Å²) in [6, 6.07) is 9.58. The molecule has 32 heavy (non-hydrogen) atoms. The minimum absolute atomic E-state index is 0.143. The maximum absolute atomic E-state index is 13.2. The molecule has 2 heterocycles. The molecule has 2 saturated heterocycles. The van der Waals surface area contributed by atoms with E-state index in [1.54, 1.807) is 30.3 Å². The Bertz CT molecular complexity index is 1100. The van der Waals surface area contributed by atoms with Crippen molar-refractivity contribution < 1.29 is 17.9 Å². The first-order valence-electron chi connectivity index (χ1n) is 10.6. The summed E-state index contributed by atoms with van der Waals surface area (Å²) in [5, 5.41) is 3.53. The van der Waals surface area contributed by atoms with Crippen molar-refractivity contribution in [2.45, 2.75) is 24.2 Å². The molecule has 0 atom stereocenters. The lowest BCUT2D eigenvalue weighted by Gasteiger charge is -2.31. The first-order chi connectivity index (χ1) is 15.4. The predicted molar refractivity (Wildman–Crippen MR) is 126 cm³/mol. The fraction of sp³-hybridized carbons (Fsp3) is 0.409. The van der Waals surface area contributed by atoms with Gasteiger partial charge in [0.05, 0.1) is 39.5 Å². The van der Waals surface area contributed by atoms with Gasteiger partial charge in [-0.2, -0.15) is 4.31 Å². The lowest BCUT2D eigenvalue weighted by Crippen LogP contribution is -2.40. The Kier molecular flexibility index (Phi) is 7.27. The zero-order valence-electron chi connectivity index (χ0n) is 17.5. The van der Waals surface area contributed by atoms with Crippen LogP contribution in [-0.4, -0.2) is 58.0 Å². The Balaban J connectivity index is 1.68. The van der Waals surface area contributed by atoms with Gasteiger partial charge in [-0.25, -0.2) is 8.42 Å². The van der Waals surface area contributed by atoms with Gasteiger partial charge in [-0.05, 0) is 55.7 Å². The molecule has 1 N–H and O–H groups in total. The minimum Gasteiger partial charge on any atom is -0.379 e. The van der Waals surface area contributed by atoms with Crippen molar-refractivity contribution in [2.75, 3.05) is 49.6 Å². The van der Waals surface area contributed by atoms with E-state index in [-0.39, 0.29) is 15.8 Å². The topological polar surface area (TPSA) is 79.0 Å². The molecule has 2 fully saturated rings. The third-order valence-corrected chi connectivity index (χ3v) is 8.34. The molecule has 10 heteroatoms. The van der Waals surface area contributed by atoms with E-state index in [0.29, 0.717) is 42.6 Å². The van der Waals surface area contributed by atoms with E-state index in [2.05, 4.69) is 10.2 Å². The second-order valence-corrected chi connectivity index (χ2v) is 10.6. The number of ether oxygens (including phenoxy) is 1. The van der Waals surface area contributed by atoms with Crippen LogP contribution in [0.2, 0.25) is 10.0 Å². The van der Waals surface area contributed by atoms with Gasteiger partial charge in [0.1, 0.15) is 0 Å². The molecule has 0 unspecified atom stereocenters. The summed E-state index contributed by atoms with van der Waals surface area (Å²) in [5.41, 5.74) is 1.60. The van der Waals surface area contributed by atoms with E-state index >= 15 is 0 Å². The molecule has 0 aliphatic carbocycles. The van der Waals surface area contributed by atoms with Gasteiger partial charge in [0.2, 0.25) is 10.0 Å². The first kappa shape index (κ1) is 23.3. The number of carbonyl (C=O) groups excluding carboxylic acids is 1. The van der Waals surface area contributed by atoms with Crippen LogP contribution in [0.1, 0.15) is 29.6 Å². The van der Waals surface area contributed by atoms with E-state index in [0.717, 1.165) is 38.0 Å². The van der Waals surface area contributed by atoms with Crippen molar-refractivity contribution in [1.82, 2.24) is 4.31 Å². The standard InChI is InChI=1S/C22H25Cl2N3O4S/c23-18-6-4-16(14-19(18)24)22(28)25-20-15-17(32(29,30)27-10-12-31-13-11-27)5-7-21(20)26-8-2-1-3-9-26/h4-7,14-15H,1-3,8-13H2,(H,25,28). The zero-order valence-corrected chi connectivity index (χ0v) is 19.8. The van der Waals surface area contributed by atoms with Crippen LogP contribution >= 0.6 is 23.2 Å². The summed E-state index contributed by atoms with van der Waals surface area (Å²) >= 11 is 12.0. The molecule has 1 amide bonds. The van der Waals surface area contributed by atoms with Crippen LogP contribution in [0.3, 0.4) is 0 Å². The maximum atomic E-state index is 13.2. The Morgan fingerprint density at radius 2 is 1.62 bits per heavy atom. The average molecular weight is 498 g/mol. The monoisotopic (exact) mass is 497 g/mol. The highest BCUT2D eigenvalue weighted by molar-refractivity contribution is 7.89. The molecule has 172 valence electrons. The molecule has 2 aromatic rings. The smallest absolute Gasteiger partial charge is 0.255 e. The van der Waals surface area contributed by atoms with Gasteiger partial charge in [0, 0.05) is 31.7 Å². The quantitative estimate of drug-likeness (QED) is 0.667. The van der Waals surface area contributed by atoms with Crippen molar-refractivity contribution in [3.05, 3.63) is 52.0 Å². The number of nitrogens with one attached hydrogen (secondary N) is 1. The molecule has 0 bridgehead atoms. The SMILES string of the molecule is O=C(Nc1cc(S(=O)(=O)N2CCOCC2)ccc1N1CCCCC1)c1ccc(Cl)c(Cl)c1. The van der Waals surface area contributed by atoms with Crippen molar-refractivity contribution in [3.8, 4) is 0 Å². The number of amides is 1. The van der Waals surface area contributed by atoms with Gasteiger partial charge in [-0.3, -0.25) is 4.79 Å². The van der Waals surface area contributed by atoms with Crippen LogP contribution in [0, 0.1) is 0 Å². The molecular formula is C22H25Cl2N3O4S. The fourth-order valence-corrected chi connectivity index (χ4v) is 5.69. The van der Waals surface area contributed by atoms with Gasteiger partial charge < -0.3 is 15.0 Å². The van der Waals surface area contributed by atoms with Crippen LogP contribution in [0.15, 0.2) is 41.3 Å². The molecule has 2 aliphatic rings. The molecule has 2 aromatic carbocycles. The van der Waals surface area contributed by atoms with Gasteiger partial charge in [0.25, 0.3) is 5.91 Å². The van der Waals surface area contributed by atoms with Crippen molar-refractivity contribution >= 4 is 50.5 Å². The molecular weight excluding hydrogens is 473 g/mol.